The molecule has 0 spiro atoms. The molecule has 20 heavy (non-hydrogen) atoms. The van der Waals surface area contributed by atoms with Crippen molar-refractivity contribution in [1.82, 2.24) is 19.8 Å². The number of fused-ring (bicyclic) bond motifs is 5. The first kappa shape index (κ1) is 11.7. The number of aliphatic hydroxyl groups is 1. The number of hydrogen-bond donors (Lipinski definition) is 2. The van der Waals surface area contributed by atoms with Gasteiger partial charge in [0.1, 0.15) is 6.67 Å². The second-order valence-electron chi connectivity index (χ2n) is 4.97. The third kappa shape index (κ3) is 1.67. The predicted octanol–water partition coefficient (Wildman–Crippen LogP) is -0.0177. The molecular weight excluding hydrogens is 256 g/mol. The molecular formula is C13H16N6O. The molecule has 1 saturated heterocycles. The van der Waals surface area contributed by atoms with Crippen LogP contribution in [-0.2, 0) is 6.67 Å². The van der Waals surface area contributed by atoms with Gasteiger partial charge in [0.15, 0.2) is 0 Å². The van der Waals surface area contributed by atoms with Gasteiger partial charge in [-0.2, -0.15) is 0 Å². The topological polar surface area (TPSA) is 68.9 Å². The molecule has 2 aliphatic rings. The molecule has 1 aromatic heterocycles. The van der Waals surface area contributed by atoms with E-state index in [2.05, 4.69) is 30.7 Å². The van der Waals surface area contributed by atoms with Crippen molar-refractivity contribution in [2.24, 2.45) is 4.99 Å². The number of benzene rings is 1. The maximum Gasteiger partial charge on any atom is 0.216 e. The summed E-state index contributed by atoms with van der Waals surface area (Å²) >= 11 is 0. The summed E-state index contributed by atoms with van der Waals surface area (Å²) in [6, 6.07) is 8.09. The summed E-state index contributed by atoms with van der Waals surface area (Å²) in [5.74, 6) is 1.77. The maximum absolute atomic E-state index is 9.09. The summed E-state index contributed by atoms with van der Waals surface area (Å²) in [7, 11) is 0. The smallest absolute Gasteiger partial charge is 0.216 e. The fourth-order valence-corrected chi connectivity index (χ4v) is 2.73. The van der Waals surface area contributed by atoms with E-state index < -0.39 is 0 Å². The van der Waals surface area contributed by atoms with Crippen LogP contribution in [0.2, 0.25) is 0 Å². The number of guanidine groups is 1. The lowest BCUT2D eigenvalue weighted by Crippen LogP contribution is -2.59. The third-order valence-corrected chi connectivity index (χ3v) is 3.71. The average molecular weight is 272 g/mol. The van der Waals surface area contributed by atoms with Crippen LogP contribution in [0.1, 0.15) is 0 Å². The fourth-order valence-electron chi connectivity index (χ4n) is 2.73. The summed E-state index contributed by atoms with van der Waals surface area (Å²) in [5.41, 5.74) is 2.09. The average Bonchev–Trinajstić information content (AvgIpc) is 2.87. The van der Waals surface area contributed by atoms with E-state index in [1.807, 2.05) is 18.2 Å². The maximum atomic E-state index is 9.09. The van der Waals surface area contributed by atoms with E-state index in [0.29, 0.717) is 26.6 Å². The number of aromatic nitrogens is 2. The molecule has 0 amide bonds. The highest BCUT2D eigenvalue weighted by atomic mass is 16.3. The first-order valence-corrected chi connectivity index (χ1v) is 6.71. The van der Waals surface area contributed by atoms with Crippen molar-refractivity contribution in [1.29, 1.82) is 0 Å². The second kappa shape index (κ2) is 4.46. The lowest BCUT2D eigenvalue weighted by atomic mass is 10.3. The van der Waals surface area contributed by atoms with Crippen molar-refractivity contribution in [3.05, 3.63) is 24.3 Å². The summed E-state index contributed by atoms with van der Waals surface area (Å²) in [5, 5.41) is 12.4. The zero-order valence-corrected chi connectivity index (χ0v) is 11.0. The van der Waals surface area contributed by atoms with Gasteiger partial charge in [-0.15, -0.1) is 0 Å². The number of aliphatic imine (C=N–C) groups is 1. The highest BCUT2D eigenvalue weighted by Crippen LogP contribution is 2.26. The first-order valence-electron chi connectivity index (χ1n) is 6.71. The van der Waals surface area contributed by atoms with Gasteiger partial charge < -0.3 is 10.4 Å². The van der Waals surface area contributed by atoms with Crippen molar-refractivity contribution in [3.8, 4) is 0 Å². The summed E-state index contributed by atoms with van der Waals surface area (Å²) in [4.78, 5) is 13.5. The van der Waals surface area contributed by atoms with Gasteiger partial charge in [0, 0.05) is 6.54 Å². The van der Waals surface area contributed by atoms with Crippen molar-refractivity contribution in [3.63, 3.8) is 0 Å². The predicted molar refractivity (Wildman–Crippen MR) is 76.3 cm³/mol. The van der Waals surface area contributed by atoms with Crippen LogP contribution >= 0.6 is 0 Å². The summed E-state index contributed by atoms with van der Waals surface area (Å²) < 4.78 is 2.11. The van der Waals surface area contributed by atoms with E-state index in [-0.39, 0.29) is 6.61 Å². The molecule has 4 rings (SSSR count). The van der Waals surface area contributed by atoms with Crippen LogP contribution in [-0.4, -0.2) is 52.0 Å². The van der Waals surface area contributed by atoms with Gasteiger partial charge in [0.25, 0.3) is 0 Å². The van der Waals surface area contributed by atoms with Crippen LogP contribution in [0.4, 0.5) is 5.95 Å². The Hall–Kier alpha value is -2.12. The van der Waals surface area contributed by atoms with E-state index in [0.717, 1.165) is 22.9 Å². The molecule has 7 heteroatoms. The first-order chi connectivity index (χ1) is 9.86. The van der Waals surface area contributed by atoms with Crippen molar-refractivity contribution >= 4 is 22.9 Å². The van der Waals surface area contributed by atoms with Gasteiger partial charge in [0.2, 0.25) is 11.9 Å². The number of rotatable bonds is 2. The molecule has 7 nitrogen and oxygen atoms in total. The lowest BCUT2D eigenvalue weighted by molar-refractivity contribution is 0.187. The Balaban J connectivity index is 1.75. The van der Waals surface area contributed by atoms with E-state index in [1.54, 1.807) is 0 Å². The molecule has 0 aliphatic carbocycles. The fraction of sp³-hybridized carbons (Fsp3) is 0.385. The van der Waals surface area contributed by atoms with E-state index in [9.17, 15) is 0 Å². The quantitative estimate of drug-likeness (QED) is 0.804. The minimum absolute atomic E-state index is 0.151. The minimum atomic E-state index is 0.151. The van der Waals surface area contributed by atoms with Gasteiger partial charge in [-0.05, 0) is 12.1 Å². The van der Waals surface area contributed by atoms with Crippen molar-refractivity contribution in [2.45, 2.75) is 6.67 Å². The number of aliphatic hydroxyl groups excluding tert-OH is 1. The van der Waals surface area contributed by atoms with Gasteiger partial charge >= 0.3 is 0 Å². The van der Waals surface area contributed by atoms with Crippen LogP contribution in [0.3, 0.4) is 0 Å². The van der Waals surface area contributed by atoms with E-state index >= 15 is 0 Å². The molecule has 2 aliphatic heterocycles. The number of β-amino-alcohol motifs (C(OH)–C–C–N with tert-alkyl or cyclic N) is 1. The van der Waals surface area contributed by atoms with Crippen LogP contribution in [0.25, 0.3) is 11.0 Å². The SMILES string of the molecule is OCCN1CNC2=NCn3c(nc4ccccc43)N2C1. The van der Waals surface area contributed by atoms with Crippen LogP contribution < -0.4 is 10.2 Å². The number of imidazole rings is 1. The molecule has 104 valence electrons. The normalized spacial score (nSPS) is 18.4. The molecule has 2 N–H and O–H groups in total. The summed E-state index contributed by atoms with van der Waals surface area (Å²) in [6.07, 6.45) is 0. The number of nitrogens with one attached hydrogen (secondary N) is 1. The zero-order valence-electron chi connectivity index (χ0n) is 11.0. The van der Waals surface area contributed by atoms with Crippen LogP contribution in [0.5, 0.6) is 0 Å². The van der Waals surface area contributed by atoms with Crippen molar-refractivity contribution in [2.75, 3.05) is 31.4 Å². The molecule has 1 aromatic carbocycles. The zero-order chi connectivity index (χ0) is 13.5. The van der Waals surface area contributed by atoms with Gasteiger partial charge in [-0.3, -0.25) is 14.4 Å². The van der Waals surface area contributed by atoms with Crippen molar-refractivity contribution < 1.29 is 5.11 Å². The number of para-hydroxylation sites is 2. The number of anilines is 1. The Morgan fingerprint density at radius 3 is 3.10 bits per heavy atom. The van der Waals surface area contributed by atoms with Crippen LogP contribution in [0, 0.1) is 0 Å². The Labute approximate surface area is 116 Å². The summed E-state index contributed by atoms with van der Waals surface area (Å²) in [6.45, 7) is 2.77. The van der Waals surface area contributed by atoms with Gasteiger partial charge in [0.05, 0.1) is 31.0 Å². The lowest BCUT2D eigenvalue weighted by Gasteiger charge is -2.39. The van der Waals surface area contributed by atoms with Gasteiger partial charge in [-0.1, -0.05) is 12.1 Å². The number of nitrogens with zero attached hydrogens (tertiary/aromatic N) is 5. The molecule has 0 bridgehead atoms. The molecule has 0 saturated carbocycles. The monoisotopic (exact) mass is 272 g/mol. The second-order valence-corrected chi connectivity index (χ2v) is 4.97. The largest absolute Gasteiger partial charge is 0.395 e. The molecule has 0 unspecified atom stereocenters. The molecule has 3 heterocycles. The van der Waals surface area contributed by atoms with E-state index in [1.165, 1.54) is 0 Å². The Bertz CT molecular complexity index is 679. The molecule has 0 radical (unpaired) electrons. The number of hydrogen-bond acceptors (Lipinski definition) is 6. The van der Waals surface area contributed by atoms with Gasteiger partial charge in [-0.25, -0.2) is 9.98 Å². The van der Waals surface area contributed by atoms with E-state index in [4.69, 9.17) is 10.1 Å². The molecule has 2 aromatic rings. The molecule has 1 fully saturated rings. The minimum Gasteiger partial charge on any atom is -0.395 e. The highest BCUT2D eigenvalue weighted by Gasteiger charge is 2.29. The Morgan fingerprint density at radius 2 is 2.20 bits per heavy atom. The third-order valence-electron chi connectivity index (χ3n) is 3.71. The standard InChI is InChI=1S/C13H16N6O/c20-6-5-17-7-14-12-15-8-18-11-4-2-1-3-10(11)16-13(18)19(12)9-17/h1-4,20H,5-9H2,(H,14,15). The Morgan fingerprint density at radius 1 is 1.30 bits per heavy atom. The highest BCUT2D eigenvalue weighted by molar-refractivity contribution is 5.97. The Kier molecular flexibility index (Phi) is 2.61. The van der Waals surface area contributed by atoms with Crippen LogP contribution in [0.15, 0.2) is 29.3 Å². The molecule has 0 atom stereocenters.